The molecule has 0 aliphatic heterocycles. The second-order valence-electron chi connectivity index (χ2n) is 5.37. The van der Waals surface area contributed by atoms with Crippen LogP contribution in [-0.2, 0) is 4.79 Å². The molecule has 132 valence electrons. The number of carbonyl (C=O) groups excluding carboxylic acids is 1. The second-order valence-corrected chi connectivity index (χ2v) is 5.78. The number of halogens is 1. The van der Waals surface area contributed by atoms with Crippen molar-refractivity contribution in [3.8, 4) is 11.5 Å². The van der Waals surface area contributed by atoms with Crippen molar-refractivity contribution < 1.29 is 19.2 Å². The first-order valence-corrected chi connectivity index (χ1v) is 7.71. The quantitative estimate of drug-likeness (QED) is 0.620. The van der Waals surface area contributed by atoms with Crippen LogP contribution in [0.5, 0.6) is 11.5 Å². The molecule has 8 heteroatoms. The van der Waals surface area contributed by atoms with Gasteiger partial charge < -0.3 is 14.8 Å². The Balaban J connectivity index is 2.08. The maximum atomic E-state index is 12.0. The second kappa shape index (κ2) is 7.85. The fraction of sp³-hybridized carbons (Fsp3) is 0.235. The average molecular weight is 365 g/mol. The van der Waals surface area contributed by atoms with Crippen LogP contribution in [0.3, 0.4) is 0 Å². The van der Waals surface area contributed by atoms with E-state index in [1.807, 2.05) is 0 Å². The predicted molar refractivity (Wildman–Crippen MR) is 94.7 cm³/mol. The molecule has 7 nitrogen and oxygen atoms in total. The number of nitro groups is 1. The number of rotatable bonds is 6. The molecule has 0 aliphatic rings. The number of hydrogen-bond donors (Lipinski definition) is 1. The molecule has 0 spiro atoms. The zero-order chi connectivity index (χ0) is 18.6. The smallest absolute Gasteiger partial charge is 0.311 e. The summed E-state index contributed by atoms with van der Waals surface area (Å²) in [6.45, 7) is 3.08. The van der Waals surface area contributed by atoms with Gasteiger partial charge in [0.05, 0.1) is 17.1 Å². The summed E-state index contributed by atoms with van der Waals surface area (Å²) in [5.74, 6) is 0.107. The largest absolute Gasteiger partial charge is 0.495 e. The Morgan fingerprint density at radius 1 is 1.28 bits per heavy atom. The van der Waals surface area contributed by atoms with Crippen molar-refractivity contribution in [2.75, 3.05) is 19.0 Å². The summed E-state index contributed by atoms with van der Waals surface area (Å²) in [6, 6.07) is 7.95. The SMILES string of the molecule is COc1ccc(NC(=O)COc2c(C)cc(C)cc2[N+](=O)[O-])cc1Cl. The Labute approximate surface area is 149 Å². The number of ether oxygens (including phenoxy) is 2. The number of nitrogens with one attached hydrogen (secondary N) is 1. The summed E-state index contributed by atoms with van der Waals surface area (Å²) in [5, 5.41) is 14.1. The molecule has 0 atom stereocenters. The van der Waals surface area contributed by atoms with Crippen LogP contribution in [0.2, 0.25) is 5.02 Å². The lowest BCUT2D eigenvalue weighted by Crippen LogP contribution is -2.20. The Kier molecular flexibility index (Phi) is 5.82. The number of aryl methyl sites for hydroxylation is 2. The average Bonchev–Trinajstić information content (AvgIpc) is 2.53. The van der Waals surface area contributed by atoms with Gasteiger partial charge in [-0.25, -0.2) is 0 Å². The van der Waals surface area contributed by atoms with E-state index >= 15 is 0 Å². The van der Waals surface area contributed by atoms with Gasteiger partial charge in [-0.15, -0.1) is 0 Å². The van der Waals surface area contributed by atoms with Gasteiger partial charge >= 0.3 is 5.69 Å². The lowest BCUT2D eigenvalue weighted by Gasteiger charge is -2.11. The van der Waals surface area contributed by atoms with Gasteiger partial charge in [0.25, 0.3) is 5.91 Å². The number of carbonyl (C=O) groups is 1. The third-order valence-corrected chi connectivity index (χ3v) is 3.67. The summed E-state index contributed by atoms with van der Waals surface area (Å²) < 4.78 is 10.4. The van der Waals surface area contributed by atoms with E-state index in [0.717, 1.165) is 5.56 Å². The van der Waals surface area contributed by atoms with E-state index in [9.17, 15) is 14.9 Å². The number of methoxy groups -OCH3 is 1. The van der Waals surface area contributed by atoms with Gasteiger partial charge in [0.1, 0.15) is 5.75 Å². The van der Waals surface area contributed by atoms with Gasteiger partial charge in [-0.05, 0) is 43.2 Å². The van der Waals surface area contributed by atoms with Gasteiger partial charge in [0.15, 0.2) is 6.61 Å². The number of nitro benzene ring substituents is 1. The topological polar surface area (TPSA) is 90.7 Å². The predicted octanol–water partition coefficient (Wildman–Crippen LogP) is 3.89. The fourth-order valence-electron chi connectivity index (χ4n) is 2.33. The first kappa shape index (κ1) is 18.5. The van der Waals surface area contributed by atoms with Crippen LogP contribution in [0, 0.1) is 24.0 Å². The fourth-order valence-corrected chi connectivity index (χ4v) is 2.59. The van der Waals surface area contributed by atoms with Crippen LogP contribution >= 0.6 is 11.6 Å². The van der Waals surface area contributed by atoms with Crippen molar-refractivity contribution in [1.82, 2.24) is 0 Å². The summed E-state index contributed by atoms with van der Waals surface area (Å²) >= 11 is 5.99. The van der Waals surface area contributed by atoms with Gasteiger partial charge in [0, 0.05) is 11.8 Å². The molecule has 1 amide bonds. The lowest BCUT2D eigenvalue weighted by molar-refractivity contribution is -0.385. The molecule has 0 heterocycles. The van der Waals surface area contributed by atoms with Crippen molar-refractivity contribution in [3.63, 3.8) is 0 Å². The van der Waals surface area contributed by atoms with E-state index in [1.54, 1.807) is 32.0 Å². The van der Waals surface area contributed by atoms with E-state index in [4.69, 9.17) is 21.1 Å². The van der Waals surface area contributed by atoms with E-state index in [2.05, 4.69) is 5.32 Å². The molecule has 0 aromatic heterocycles. The molecular formula is C17H17ClN2O5. The highest BCUT2D eigenvalue weighted by Crippen LogP contribution is 2.32. The van der Waals surface area contributed by atoms with E-state index in [1.165, 1.54) is 19.2 Å². The molecule has 0 bridgehead atoms. The molecule has 0 radical (unpaired) electrons. The minimum Gasteiger partial charge on any atom is -0.495 e. The monoisotopic (exact) mass is 364 g/mol. The van der Waals surface area contributed by atoms with E-state index < -0.39 is 10.8 Å². The van der Waals surface area contributed by atoms with Gasteiger partial charge in [-0.1, -0.05) is 17.7 Å². The van der Waals surface area contributed by atoms with Crippen LogP contribution < -0.4 is 14.8 Å². The number of amides is 1. The van der Waals surface area contributed by atoms with Crippen molar-refractivity contribution >= 4 is 28.9 Å². The number of anilines is 1. The maximum Gasteiger partial charge on any atom is 0.311 e. The minimum absolute atomic E-state index is 0.0820. The highest BCUT2D eigenvalue weighted by atomic mass is 35.5. The number of nitrogens with zero attached hydrogens (tertiary/aromatic N) is 1. The molecule has 0 fully saturated rings. The molecule has 2 aromatic rings. The van der Waals surface area contributed by atoms with Gasteiger partial charge in [-0.2, -0.15) is 0 Å². The first-order chi connectivity index (χ1) is 11.8. The van der Waals surface area contributed by atoms with Crippen LogP contribution in [0.15, 0.2) is 30.3 Å². The van der Waals surface area contributed by atoms with Crippen LogP contribution in [0.1, 0.15) is 11.1 Å². The standard InChI is InChI=1S/C17H17ClN2O5/c1-10-6-11(2)17(14(7-10)20(22)23)25-9-16(21)19-12-4-5-15(24-3)13(18)8-12/h4-8H,9H2,1-3H3,(H,19,21). The Morgan fingerprint density at radius 2 is 2.00 bits per heavy atom. The van der Waals surface area contributed by atoms with Crippen LogP contribution in [-0.4, -0.2) is 24.5 Å². The Morgan fingerprint density at radius 3 is 2.60 bits per heavy atom. The summed E-state index contributed by atoms with van der Waals surface area (Å²) in [7, 11) is 1.49. The molecule has 0 aliphatic carbocycles. The normalized spacial score (nSPS) is 10.2. The van der Waals surface area contributed by atoms with Gasteiger partial charge in [-0.3, -0.25) is 14.9 Å². The van der Waals surface area contributed by atoms with Crippen LogP contribution in [0.25, 0.3) is 0 Å². The Bertz CT molecular complexity index is 823. The van der Waals surface area contributed by atoms with Crippen molar-refractivity contribution in [3.05, 3.63) is 56.6 Å². The van der Waals surface area contributed by atoms with Crippen molar-refractivity contribution in [2.45, 2.75) is 13.8 Å². The molecule has 0 unspecified atom stereocenters. The first-order valence-electron chi connectivity index (χ1n) is 7.33. The molecular weight excluding hydrogens is 348 g/mol. The third-order valence-electron chi connectivity index (χ3n) is 3.38. The zero-order valence-corrected chi connectivity index (χ0v) is 14.7. The summed E-state index contributed by atoms with van der Waals surface area (Å²) in [6.07, 6.45) is 0. The van der Waals surface area contributed by atoms with Crippen molar-refractivity contribution in [1.29, 1.82) is 0 Å². The lowest BCUT2D eigenvalue weighted by atomic mass is 10.1. The van der Waals surface area contributed by atoms with E-state index in [0.29, 0.717) is 22.0 Å². The zero-order valence-electron chi connectivity index (χ0n) is 14.0. The molecule has 2 aromatic carbocycles. The molecule has 0 saturated heterocycles. The molecule has 25 heavy (non-hydrogen) atoms. The maximum absolute atomic E-state index is 12.0. The van der Waals surface area contributed by atoms with Crippen LogP contribution in [0.4, 0.5) is 11.4 Å². The summed E-state index contributed by atoms with van der Waals surface area (Å²) in [4.78, 5) is 22.7. The molecule has 2 rings (SSSR count). The number of hydrogen-bond acceptors (Lipinski definition) is 5. The minimum atomic E-state index is -0.531. The summed E-state index contributed by atoms with van der Waals surface area (Å²) in [5.41, 5.74) is 1.63. The third kappa shape index (κ3) is 4.60. The van der Waals surface area contributed by atoms with Gasteiger partial charge in [0.2, 0.25) is 5.75 Å². The van der Waals surface area contributed by atoms with Crippen molar-refractivity contribution in [2.24, 2.45) is 0 Å². The highest BCUT2D eigenvalue weighted by Gasteiger charge is 2.19. The number of benzene rings is 2. The molecule has 1 N–H and O–H groups in total. The van der Waals surface area contributed by atoms with E-state index in [-0.39, 0.29) is 18.0 Å². The highest BCUT2D eigenvalue weighted by molar-refractivity contribution is 6.32. The molecule has 0 saturated carbocycles. The Hall–Kier alpha value is -2.80.